The van der Waals surface area contributed by atoms with Crippen LogP contribution in [-0.2, 0) is 34.1 Å². The molecule has 0 aliphatic carbocycles. The van der Waals surface area contributed by atoms with Gasteiger partial charge in [0, 0.05) is 13.1 Å². The number of sulfonamides is 1. The Balaban J connectivity index is 1.67. The zero-order valence-electron chi connectivity index (χ0n) is 18.6. The normalized spacial score (nSPS) is 15.9. The van der Waals surface area contributed by atoms with Crippen LogP contribution in [0.5, 0.6) is 0 Å². The molecule has 1 unspecified atom stereocenters. The van der Waals surface area contributed by atoms with E-state index in [-0.39, 0.29) is 12.2 Å². The average molecular weight is 484 g/mol. The molecule has 1 aliphatic rings. The van der Waals surface area contributed by atoms with Crippen molar-refractivity contribution >= 4 is 21.6 Å². The summed E-state index contributed by atoms with van der Waals surface area (Å²) in [4.78, 5) is 15.1. The number of halogens is 3. The second-order valence-electron chi connectivity index (χ2n) is 8.30. The number of hydrogen-bond donors (Lipinski definition) is 1. The lowest BCUT2D eigenvalue weighted by Crippen LogP contribution is -2.47. The zero-order valence-corrected chi connectivity index (χ0v) is 19.4. The molecule has 3 rings (SSSR count). The first-order chi connectivity index (χ1) is 15.4. The Kier molecular flexibility index (Phi) is 7.69. The van der Waals surface area contributed by atoms with E-state index in [4.69, 9.17) is 0 Å². The number of likely N-dealkylation sites (tertiary alicyclic amines) is 1. The highest BCUT2D eigenvalue weighted by Gasteiger charge is 2.34. The molecule has 1 amide bonds. The molecule has 2 aromatic carbocycles. The summed E-state index contributed by atoms with van der Waals surface area (Å²) in [6.07, 6.45) is -1.34. The number of carbonyl (C=O) groups is 1. The highest BCUT2D eigenvalue weighted by molar-refractivity contribution is 7.92. The van der Waals surface area contributed by atoms with Crippen molar-refractivity contribution in [3.63, 3.8) is 0 Å². The van der Waals surface area contributed by atoms with Crippen molar-refractivity contribution in [2.75, 3.05) is 23.7 Å². The SMILES string of the molecule is CC(C(=O)NCc1ccc(CN2CCCC2)cc1)N(c1cccc(C(F)(F)F)c1)S(C)(=O)=O. The van der Waals surface area contributed by atoms with Crippen molar-refractivity contribution < 1.29 is 26.4 Å². The molecule has 10 heteroatoms. The van der Waals surface area contributed by atoms with Gasteiger partial charge < -0.3 is 5.32 Å². The Bertz CT molecular complexity index is 1070. The molecule has 1 atom stereocenters. The van der Waals surface area contributed by atoms with Crippen molar-refractivity contribution in [2.45, 2.75) is 45.1 Å². The Labute approximate surface area is 192 Å². The molecule has 1 saturated heterocycles. The Hall–Kier alpha value is -2.59. The predicted octanol–water partition coefficient (Wildman–Crippen LogP) is 3.77. The number of rotatable bonds is 8. The minimum Gasteiger partial charge on any atom is -0.350 e. The second-order valence-corrected chi connectivity index (χ2v) is 10.2. The van der Waals surface area contributed by atoms with Crippen LogP contribution in [0.4, 0.5) is 18.9 Å². The van der Waals surface area contributed by atoms with Crippen LogP contribution in [0.25, 0.3) is 0 Å². The molecule has 33 heavy (non-hydrogen) atoms. The maximum absolute atomic E-state index is 13.1. The lowest BCUT2D eigenvalue weighted by atomic mass is 10.1. The molecule has 1 fully saturated rings. The van der Waals surface area contributed by atoms with Gasteiger partial charge >= 0.3 is 6.18 Å². The smallest absolute Gasteiger partial charge is 0.350 e. The summed E-state index contributed by atoms with van der Waals surface area (Å²) in [5.74, 6) is -0.612. The maximum atomic E-state index is 13.1. The maximum Gasteiger partial charge on any atom is 0.416 e. The van der Waals surface area contributed by atoms with Crippen molar-refractivity contribution in [3.05, 3.63) is 65.2 Å². The summed E-state index contributed by atoms with van der Waals surface area (Å²) in [6, 6.07) is 10.5. The standard InChI is InChI=1S/C23H28F3N3O3S/c1-17(29(33(2,31)32)21-7-5-6-20(14-21)23(24,25)26)22(30)27-15-18-8-10-19(11-9-18)16-28-12-3-4-13-28/h5-11,14,17H,3-4,12-13,15-16H2,1-2H3,(H,27,30). The molecule has 0 saturated carbocycles. The van der Waals surface area contributed by atoms with Gasteiger partial charge in [-0.1, -0.05) is 30.3 Å². The van der Waals surface area contributed by atoms with Gasteiger partial charge in [-0.15, -0.1) is 0 Å². The topological polar surface area (TPSA) is 69.7 Å². The van der Waals surface area contributed by atoms with E-state index in [2.05, 4.69) is 10.2 Å². The summed E-state index contributed by atoms with van der Waals surface area (Å²) < 4.78 is 64.7. The largest absolute Gasteiger partial charge is 0.416 e. The van der Waals surface area contributed by atoms with Gasteiger partial charge in [-0.2, -0.15) is 13.2 Å². The fraction of sp³-hybridized carbons (Fsp3) is 0.435. The van der Waals surface area contributed by atoms with Crippen molar-refractivity contribution in [3.8, 4) is 0 Å². The third-order valence-corrected chi connectivity index (χ3v) is 6.85. The van der Waals surface area contributed by atoms with Crippen LogP contribution in [-0.4, -0.2) is 44.6 Å². The lowest BCUT2D eigenvalue weighted by molar-refractivity contribution is -0.137. The van der Waals surface area contributed by atoms with E-state index in [1.54, 1.807) is 0 Å². The number of amides is 1. The van der Waals surface area contributed by atoms with Crippen LogP contribution in [0.3, 0.4) is 0 Å². The predicted molar refractivity (Wildman–Crippen MR) is 121 cm³/mol. The van der Waals surface area contributed by atoms with Crippen LogP contribution in [0.15, 0.2) is 48.5 Å². The summed E-state index contributed by atoms with van der Waals surface area (Å²) >= 11 is 0. The second kappa shape index (κ2) is 10.1. The van der Waals surface area contributed by atoms with E-state index in [0.29, 0.717) is 4.31 Å². The molecular weight excluding hydrogens is 455 g/mol. The van der Waals surface area contributed by atoms with Crippen LogP contribution >= 0.6 is 0 Å². The van der Waals surface area contributed by atoms with Gasteiger partial charge in [-0.05, 0) is 62.2 Å². The first kappa shape index (κ1) is 25.0. The van der Waals surface area contributed by atoms with Gasteiger partial charge in [-0.3, -0.25) is 14.0 Å². The van der Waals surface area contributed by atoms with Crippen LogP contribution < -0.4 is 9.62 Å². The van der Waals surface area contributed by atoms with E-state index in [9.17, 15) is 26.4 Å². The van der Waals surface area contributed by atoms with Crippen LogP contribution in [0, 0.1) is 0 Å². The molecule has 1 N–H and O–H groups in total. The van der Waals surface area contributed by atoms with Crippen LogP contribution in [0.2, 0.25) is 0 Å². The average Bonchev–Trinajstić information content (AvgIpc) is 3.25. The number of carbonyl (C=O) groups excluding carboxylic acids is 1. The van der Waals surface area contributed by atoms with E-state index < -0.39 is 33.7 Å². The van der Waals surface area contributed by atoms with Gasteiger partial charge in [0.1, 0.15) is 6.04 Å². The summed E-state index contributed by atoms with van der Waals surface area (Å²) in [5, 5.41) is 2.68. The van der Waals surface area contributed by atoms with E-state index >= 15 is 0 Å². The minimum atomic E-state index is -4.63. The summed E-state index contributed by atoms with van der Waals surface area (Å²) in [6.45, 7) is 4.59. The fourth-order valence-electron chi connectivity index (χ4n) is 3.93. The first-order valence-corrected chi connectivity index (χ1v) is 12.5. The number of nitrogens with zero attached hydrogens (tertiary/aromatic N) is 2. The molecule has 1 heterocycles. The van der Waals surface area contributed by atoms with E-state index in [1.165, 1.54) is 31.4 Å². The van der Waals surface area contributed by atoms with Gasteiger partial charge in [0.25, 0.3) is 0 Å². The third-order valence-electron chi connectivity index (χ3n) is 5.61. The third kappa shape index (κ3) is 6.70. The van der Waals surface area contributed by atoms with Gasteiger partial charge in [0.05, 0.1) is 17.5 Å². The van der Waals surface area contributed by atoms with Crippen molar-refractivity contribution in [2.24, 2.45) is 0 Å². The highest BCUT2D eigenvalue weighted by atomic mass is 32.2. The number of benzene rings is 2. The minimum absolute atomic E-state index is 0.174. The molecule has 0 radical (unpaired) electrons. The molecule has 2 aromatic rings. The highest BCUT2D eigenvalue weighted by Crippen LogP contribution is 2.32. The molecule has 0 bridgehead atoms. The Morgan fingerprint density at radius 1 is 1.09 bits per heavy atom. The monoisotopic (exact) mass is 483 g/mol. The van der Waals surface area contributed by atoms with Gasteiger partial charge in [0.15, 0.2) is 0 Å². The molecular formula is C23H28F3N3O3S. The van der Waals surface area contributed by atoms with Gasteiger partial charge in [-0.25, -0.2) is 8.42 Å². The molecule has 180 valence electrons. The van der Waals surface area contributed by atoms with Gasteiger partial charge in [0.2, 0.25) is 15.9 Å². The summed E-state index contributed by atoms with van der Waals surface area (Å²) in [5.41, 5.74) is 0.801. The lowest BCUT2D eigenvalue weighted by Gasteiger charge is -2.28. The number of nitrogens with one attached hydrogen (secondary N) is 1. The van der Waals surface area contributed by atoms with E-state index in [0.717, 1.165) is 49.7 Å². The van der Waals surface area contributed by atoms with Crippen molar-refractivity contribution in [1.29, 1.82) is 0 Å². The number of alkyl halides is 3. The van der Waals surface area contributed by atoms with Crippen molar-refractivity contribution in [1.82, 2.24) is 10.2 Å². The quantitative estimate of drug-likeness (QED) is 0.621. The molecule has 1 aliphatic heterocycles. The Morgan fingerprint density at radius 3 is 2.27 bits per heavy atom. The zero-order chi connectivity index (χ0) is 24.2. The summed E-state index contributed by atoms with van der Waals surface area (Å²) in [7, 11) is -4.02. The molecule has 0 aromatic heterocycles. The number of anilines is 1. The fourth-order valence-corrected chi connectivity index (χ4v) is 5.09. The molecule has 0 spiro atoms. The van der Waals surface area contributed by atoms with E-state index in [1.807, 2.05) is 24.3 Å². The first-order valence-electron chi connectivity index (χ1n) is 10.7. The molecule has 6 nitrogen and oxygen atoms in total. The number of hydrogen-bond acceptors (Lipinski definition) is 4. The Morgan fingerprint density at radius 2 is 1.70 bits per heavy atom. The van der Waals surface area contributed by atoms with Crippen LogP contribution in [0.1, 0.15) is 36.5 Å².